The summed E-state index contributed by atoms with van der Waals surface area (Å²) in [5.41, 5.74) is 7.01. The van der Waals surface area contributed by atoms with Gasteiger partial charge in [-0.25, -0.2) is 21.6 Å². The van der Waals surface area contributed by atoms with E-state index in [1.807, 2.05) is 26.0 Å². The Hall–Kier alpha value is -3.69. The second kappa shape index (κ2) is 14.7. The highest BCUT2D eigenvalue weighted by atomic mass is 32.2. The quantitative estimate of drug-likeness (QED) is 0.294. The maximum absolute atomic E-state index is 13.4. The van der Waals surface area contributed by atoms with Crippen molar-refractivity contribution in [1.29, 1.82) is 0 Å². The lowest BCUT2D eigenvalue weighted by molar-refractivity contribution is 0.0487. The molecule has 0 radical (unpaired) electrons. The number of carbonyl (C=O) groups is 1. The first-order chi connectivity index (χ1) is 23.1. The molecule has 264 valence electrons. The Bertz CT molecular complexity index is 2040. The molecule has 0 unspecified atom stereocenters. The van der Waals surface area contributed by atoms with Gasteiger partial charge in [-0.3, -0.25) is 9.97 Å². The Balaban J connectivity index is 0.000000199. The largest absolute Gasteiger partial charge is 0.444 e. The van der Waals surface area contributed by atoms with Gasteiger partial charge in [-0.05, 0) is 83.6 Å². The van der Waals surface area contributed by atoms with Crippen LogP contribution in [-0.2, 0) is 24.8 Å². The first-order valence-electron chi connectivity index (χ1n) is 16.5. The van der Waals surface area contributed by atoms with E-state index in [1.165, 1.54) is 8.61 Å². The standard InChI is InChI=1S/C20H27N3O4S.C15H19N3O2S/c1-14-11-21-12-15-7-5-9-17(18(14)15)28(25,26)23-10-6-8-16(13-23)22-19(24)27-20(2,3)4;1-11-8-17-9-12-4-2-6-14(15(11)12)21(19,20)18-7-3-5-13(16)10-18/h5,7,9,11-12,16H,6,8,10,13H2,1-4H3,(H,22,24);2,4,6,8-9,13H,3,5,7,10,16H2,1H3/t16-;13-/m11/s1. The lowest BCUT2D eigenvalue weighted by Gasteiger charge is -2.33. The summed E-state index contributed by atoms with van der Waals surface area (Å²) < 4.78 is 60.9. The minimum atomic E-state index is -3.70. The molecule has 3 N–H and O–H groups in total. The lowest BCUT2D eigenvalue weighted by Crippen LogP contribution is -2.50. The van der Waals surface area contributed by atoms with Crippen molar-refractivity contribution in [1.82, 2.24) is 23.9 Å². The van der Waals surface area contributed by atoms with Gasteiger partial charge >= 0.3 is 6.09 Å². The maximum atomic E-state index is 13.4. The number of alkyl carbamates (subject to hydrolysis) is 1. The molecule has 0 saturated carbocycles. The number of nitrogens with two attached hydrogens (primary N) is 1. The van der Waals surface area contributed by atoms with Gasteiger partial charge in [0.2, 0.25) is 20.0 Å². The molecule has 12 nitrogen and oxygen atoms in total. The van der Waals surface area contributed by atoms with Crippen LogP contribution < -0.4 is 11.1 Å². The van der Waals surface area contributed by atoms with Crippen molar-refractivity contribution in [2.24, 2.45) is 5.73 Å². The van der Waals surface area contributed by atoms with Crippen LogP contribution in [0.15, 0.2) is 71.0 Å². The molecular formula is C35H46N6O6S2. The van der Waals surface area contributed by atoms with Gasteiger partial charge in [-0.15, -0.1) is 0 Å². The third kappa shape index (κ3) is 8.38. The first kappa shape index (κ1) is 36.6. The number of fused-ring (bicyclic) bond motifs is 2. The van der Waals surface area contributed by atoms with Crippen molar-refractivity contribution in [3.63, 3.8) is 0 Å². The minimum Gasteiger partial charge on any atom is -0.444 e. The third-order valence-electron chi connectivity index (χ3n) is 8.63. The van der Waals surface area contributed by atoms with E-state index in [1.54, 1.807) is 69.8 Å². The van der Waals surface area contributed by atoms with Gasteiger partial charge in [0, 0.05) is 84.6 Å². The molecule has 1 amide bonds. The molecule has 2 atom stereocenters. The number of nitrogens with zero attached hydrogens (tertiary/aromatic N) is 4. The predicted octanol–water partition coefficient (Wildman–Crippen LogP) is 4.88. The normalized spacial score (nSPS) is 19.6. The number of hydrogen-bond donors (Lipinski definition) is 2. The monoisotopic (exact) mass is 710 g/mol. The van der Waals surface area contributed by atoms with Crippen LogP contribution in [0.1, 0.15) is 57.6 Å². The van der Waals surface area contributed by atoms with Crippen LogP contribution in [0, 0.1) is 13.8 Å². The number of ether oxygens (including phenoxy) is 1. The number of aromatic nitrogens is 2. The summed E-state index contributed by atoms with van der Waals surface area (Å²) in [6, 6.07) is 10.2. The molecule has 0 bridgehead atoms. The fraction of sp³-hybridized carbons (Fsp3) is 0.457. The molecule has 2 aliphatic rings. The van der Waals surface area contributed by atoms with E-state index < -0.39 is 31.7 Å². The van der Waals surface area contributed by atoms with Crippen molar-refractivity contribution >= 4 is 47.7 Å². The zero-order chi connectivity index (χ0) is 35.6. The number of pyridine rings is 2. The van der Waals surface area contributed by atoms with Crippen molar-refractivity contribution in [3.05, 3.63) is 72.3 Å². The van der Waals surface area contributed by atoms with Gasteiger partial charge in [0.05, 0.1) is 9.79 Å². The van der Waals surface area contributed by atoms with Gasteiger partial charge in [-0.2, -0.15) is 8.61 Å². The predicted molar refractivity (Wildman–Crippen MR) is 190 cm³/mol. The Labute approximate surface area is 289 Å². The number of aryl methyl sites for hydroxylation is 2. The van der Waals surface area contributed by atoms with E-state index in [2.05, 4.69) is 15.3 Å². The van der Waals surface area contributed by atoms with E-state index >= 15 is 0 Å². The second-order valence-corrected chi connectivity index (χ2v) is 17.5. The molecule has 4 heterocycles. The average Bonchev–Trinajstić information content (AvgIpc) is 3.04. The van der Waals surface area contributed by atoms with Crippen LogP contribution in [-0.4, -0.2) is 85.4 Å². The number of sulfonamides is 2. The van der Waals surface area contributed by atoms with Gasteiger partial charge in [0.15, 0.2) is 0 Å². The van der Waals surface area contributed by atoms with Crippen LogP contribution in [0.2, 0.25) is 0 Å². The Morgan fingerprint density at radius 2 is 1.29 bits per heavy atom. The molecule has 2 saturated heterocycles. The third-order valence-corrected chi connectivity index (χ3v) is 12.4. The Morgan fingerprint density at radius 1 is 0.796 bits per heavy atom. The van der Waals surface area contributed by atoms with Gasteiger partial charge in [0.25, 0.3) is 0 Å². The smallest absolute Gasteiger partial charge is 0.407 e. The number of hydrogen-bond acceptors (Lipinski definition) is 9. The zero-order valence-corrected chi connectivity index (χ0v) is 30.4. The first-order valence-corrected chi connectivity index (χ1v) is 19.4. The van der Waals surface area contributed by atoms with E-state index in [0.717, 1.165) is 40.1 Å². The van der Waals surface area contributed by atoms with Crippen molar-refractivity contribution in [2.45, 2.75) is 87.8 Å². The molecule has 0 aliphatic carbocycles. The molecule has 0 spiro atoms. The highest BCUT2D eigenvalue weighted by molar-refractivity contribution is 7.89. The summed E-state index contributed by atoms with van der Waals surface area (Å²) >= 11 is 0. The Kier molecular flexibility index (Phi) is 10.9. The van der Waals surface area contributed by atoms with Gasteiger partial charge < -0.3 is 15.8 Å². The molecule has 4 aromatic rings. The fourth-order valence-electron chi connectivity index (χ4n) is 6.40. The number of benzene rings is 2. The van der Waals surface area contributed by atoms with E-state index in [9.17, 15) is 21.6 Å². The summed E-state index contributed by atoms with van der Waals surface area (Å²) in [6.07, 6.45) is 9.29. The number of amides is 1. The van der Waals surface area contributed by atoms with Crippen molar-refractivity contribution < 1.29 is 26.4 Å². The molecule has 14 heteroatoms. The van der Waals surface area contributed by atoms with Crippen LogP contribution in [0.3, 0.4) is 0 Å². The maximum Gasteiger partial charge on any atom is 0.407 e. The molecule has 2 aromatic carbocycles. The molecule has 2 fully saturated rings. The summed E-state index contributed by atoms with van der Waals surface area (Å²) in [4.78, 5) is 21.0. The van der Waals surface area contributed by atoms with Crippen LogP contribution >= 0.6 is 0 Å². The topological polar surface area (TPSA) is 165 Å². The average molecular weight is 711 g/mol. The summed E-state index contributed by atoms with van der Waals surface area (Å²) in [6.45, 7) is 10.7. The zero-order valence-electron chi connectivity index (χ0n) is 28.7. The number of carbonyl (C=O) groups excluding carboxylic acids is 1. The summed E-state index contributed by atoms with van der Waals surface area (Å²) in [5, 5.41) is 5.89. The Morgan fingerprint density at radius 3 is 1.78 bits per heavy atom. The van der Waals surface area contributed by atoms with E-state index in [4.69, 9.17) is 10.5 Å². The SMILES string of the molecule is Cc1cncc2cccc(S(=O)(=O)N3CCC[C@@H](N)C3)c12.Cc1cncc2cccc(S(=O)(=O)N3CCC[C@@H](NC(=O)OC(C)(C)C)C3)c12. The second-order valence-electron chi connectivity index (χ2n) is 13.7. The number of piperidine rings is 2. The van der Waals surface area contributed by atoms with Crippen LogP contribution in [0.4, 0.5) is 4.79 Å². The van der Waals surface area contributed by atoms with Crippen LogP contribution in [0.5, 0.6) is 0 Å². The molecule has 6 rings (SSSR count). The highest BCUT2D eigenvalue weighted by Gasteiger charge is 2.33. The fourth-order valence-corrected chi connectivity index (χ4v) is 10.0. The molecular weight excluding hydrogens is 665 g/mol. The van der Waals surface area contributed by atoms with E-state index in [0.29, 0.717) is 42.8 Å². The molecule has 2 aromatic heterocycles. The molecule has 2 aliphatic heterocycles. The van der Waals surface area contributed by atoms with Gasteiger partial charge in [-0.1, -0.05) is 24.3 Å². The van der Waals surface area contributed by atoms with Crippen molar-refractivity contribution in [3.8, 4) is 0 Å². The number of nitrogens with one attached hydrogen (secondary N) is 1. The van der Waals surface area contributed by atoms with Crippen LogP contribution in [0.25, 0.3) is 21.5 Å². The lowest BCUT2D eigenvalue weighted by atomic mass is 10.1. The van der Waals surface area contributed by atoms with Crippen molar-refractivity contribution in [2.75, 3.05) is 26.2 Å². The number of rotatable bonds is 5. The summed E-state index contributed by atoms with van der Waals surface area (Å²) in [7, 11) is -7.22. The van der Waals surface area contributed by atoms with Gasteiger partial charge in [0.1, 0.15) is 5.60 Å². The molecule has 49 heavy (non-hydrogen) atoms. The summed E-state index contributed by atoms with van der Waals surface area (Å²) in [5.74, 6) is 0. The highest BCUT2D eigenvalue weighted by Crippen LogP contribution is 2.31. The van der Waals surface area contributed by atoms with E-state index in [-0.39, 0.29) is 23.5 Å². The minimum absolute atomic E-state index is 0.0775.